The molecule has 0 atom stereocenters. The first kappa shape index (κ1) is 10.3. The van der Waals surface area contributed by atoms with Crippen LogP contribution >= 0.6 is 0 Å². The minimum Gasteiger partial charge on any atom is -0.258 e. The number of aryl methyl sites for hydroxylation is 1. The van der Waals surface area contributed by atoms with E-state index in [0.29, 0.717) is 12.8 Å². The summed E-state index contributed by atoms with van der Waals surface area (Å²) in [5.41, 5.74) is 3.37. The SMILES string of the molecule is Cc1cccc(N=C2CCC(F)CC2)c1. The van der Waals surface area contributed by atoms with Crippen molar-refractivity contribution < 1.29 is 4.39 Å². The second kappa shape index (κ2) is 4.56. The molecule has 0 aromatic heterocycles. The molecule has 0 amide bonds. The second-order valence-corrected chi connectivity index (χ2v) is 4.19. The van der Waals surface area contributed by atoms with Gasteiger partial charge in [-0.3, -0.25) is 4.99 Å². The van der Waals surface area contributed by atoms with E-state index in [1.165, 1.54) is 5.56 Å². The van der Waals surface area contributed by atoms with Gasteiger partial charge in [0.15, 0.2) is 0 Å². The van der Waals surface area contributed by atoms with Crippen molar-refractivity contribution in [2.45, 2.75) is 38.8 Å². The van der Waals surface area contributed by atoms with Gasteiger partial charge in [0, 0.05) is 5.71 Å². The minimum atomic E-state index is -0.610. The van der Waals surface area contributed by atoms with Gasteiger partial charge in [-0.05, 0) is 50.3 Å². The van der Waals surface area contributed by atoms with Gasteiger partial charge in [-0.15, -0.1) is 0 Å². The molecule has 0 radical (unpaired) electrons. The first-order valence-electron chi connectivity index (χ1n) is 5.51. The Hall–Kier alpha value is -1.18. The van der Waals surface area contributed by atoms with Crippen LogP contribution in [0.2, 0.25) is 0 Å². The van der Waals surface area contributed by atoms with Crippen LogP contribution in [0.5, 0.6) is 0 Å². The van der Waals surface area contributed by atoms with Crippen LogP contribution in [0.25, 0.3) is 0 Å². The molecule has 0 N–H and O–H groups in total. The summed E-state index contributed by atoms with van der Waals surface area (Å²) in [6, 6.07) is 8.13. The molecule has 1 aromatic rings. The summed E-state index contributed by atoms with van der Waals surface area (Å²) >= 11 is 0. The predicted octanol–water partition coefficient (Wildman–Crippen LogP) is 3.98. The van der Waals surface area contributed by atoms with Crippen LogP contribution in [0.4, 0.5) is 10.1 Å². The number of halogens is 1. The molecule has 0 aliphatic heterocycles. The molecular weight excluding hydrogens is 189 g/mol. The largest absolute Gasteiger partial charge is 0.258 e. The van der Waals surface area contributed by atoms with Crippen LogP contribution in [-0.2, 0) is 0 Å². The first-order valence-corrected chi connectivity index (χ1v) is 5.51. The summed E-state index contributed by atoms with van der Waals surface area (Å²) in [6.07, 6.45) is 2.31. The Bertz CT molecular complexity index is 361. The summed E-state index contributed by atoms with van der Waals surface area (Å²) in [6.45, 7) is 2.06. The van der Waals surface area contributed by atoms with Gasteiger partial charge in [-0.25, -0.2) is 4.39 Å². The molecule has 1 aliphatic rings. The van der Waals surface area contributed by atoms with Gasteiger partial charge in [-0.2, -0.15) is 0 Å². The van der Waals surface area contributed by atoms with E-state index in [9.17, 15) is 4.39 Å². The van der Waals surface area contributed by atoms with Gasteiger partial charge >= 0.3 is 0 Å². The molecule has 0 heterocycles. The van der Waals surface area contributed by atoms with Crippen molar-refractivity contribution >= 4 is 11.4 Å². The monoisotopic (exact) mass is 205 g/mol. The van der Waals surface area contributed by atoms with Crippen LogP contribution < -0.4 is 0 Å². The molecule has 1 fully saturated rings. The number of benzene rings is 1. The van der Waals surface area contributed by atoms with Crippen LogP contribution in [0.1, 0.15) is 31.2 Å². The highest BCUT2D eigenvalue weighted by Gasteiger charge is 2.16. The molecule has 1 nitrogen and oxygen atoms in total. The third-order valence-electron chi connectivity index (χ3n) is 2.78. The topological polar surface area (TPSA) is 12.4 Å². The van der Waals surface area contributed by atoms with Crippen LogP contribution in [0.3, 0.4) is 0 Å². The predicted molar refractivity (Wildman–Crippen MR) is 61.6 cm³/mol. The van der Waals surface area contributed by atoms with Gasteiger partial charge in [0.25, 0.3) is 0 Å². The number of nitrogens with zero attached hydrogens (tertiary/aromatic N) is 1. The Balaban J connectivity index is 2.10. The normalized spacial score (nSPS) is 21.5. The number of rotatable bonds is 1. The van der Waals surface area contributed by atoms with E-state index >= 15 is 0 Å². The fraction of sp³-hybridized carbons (Fsp3) is 0.462. The summed E-state index contributed by atoms with van der Waals surface area (Å²) < 4.78 is 12.9. The molecular formula is C13H16FN. The lowest BCUT2D eigenvalue weighted by molar-refractivity contribution is 0.292. The molecule has 80 valence electrons. The van der Waals surface area contributed by atoms with E-state index in [-0.39, 0.29) is 0 Å². The number of hydrogen-bond donors (Lipinski definition) is 0. The third-order valence-corrected chi connectivity index (χ3v) is 2.78. The zero-order valence-corrected chi connectivity index (χ0v) is 9.04. The Labute approximate surface area is 90.0 Å². The van der Waals surface area contributed by atoms with E-state index in [1.807, 2.05) is 12.1 Å². The fourth-order valence-corrected chi connectivity index (χ4v) is 1.91. The Morgan fingerprint density at radius 1 is 1.27 bits per heavy atom. The fourth-order valence-electron chi connectivity index (χ4n) is 1.91. The van der Waals surface area contributed by atoms with Crippen molar-refractivity contribution in [1.82, 2.24) is 0 Å². The molecule has 2 rings (SSSR count). The Morgan fingerprint density at radius 2 is 2.00 bits per heavy atom. The minimum absolute atomic E-state index is 0.610. The number of hydrogen-bond acceptors (Lipinski definition) is 1. The van der Waals surface area contributed by atoms with Gasteiger partial charge in [0.2, 0.25) is 0 Å². The van der Waals surface area contributed by atoms with Gasteiger partial charge in [0.05, 0.1) is 5.69 Å². The lowest BCUT2D eigenvalue weighted by Gasteiger charge is -2.16. The highest BCUT2D eigenvalue weighted by molar-refractivity contribution is 5.87. The lowest BCUT2D eigenvalue weighted by atomic mass is 9.97. The van der Waals surface area contributed by atoms with Crippen molar-refractivity contribution in [1.29, 1.82) is 0 Å². The average molecular weight is 205 g/mol. The highest BCUT2D eigenvalue weighted by atomic mass is 19.1. The molecule has 1 saturated carbocycles. The van der Waals surface area contributed by atoms with E-state index < -0.39 is 6.17 Å². The molecule has 15 heavy (non-hydrogen) atoms. The molecule has 1 aliphatic carbocycles. The van der Waals surface area contributed by atoms with Crippen molar-refractivity contribution in [3.8, 4) is 0 Å². The zero-order chi connectivity index (χ0) is 10.7. The quantitative estimate of drug-likeness (QED) is 0.657. The average Bonchev–Trinajstić information content (AvgIpc) is 2.22. The lowest BCUT2D eigenvalue weighted by Crippen LogP contribution is -2.14. The highest BCUT2D eigenvalue weighted by Crippen LogP contribution is 2.22. The first-order chi connectivity index (χ1) is 7.24. The molecule has 0 bridgehead atoms. The maximum absolute atomic E-state index is 12.9. The maximum atomic E-state index is 12.9. The van der Waals surface area contributed by atoms with Gasteiger partial charge < -0.3 is 0 Å². The summed E-state index contributed by atoms with van der Waals surface area (Å²) in [7, 11) is 0. The standard InChI is InChI=1S/C13H16FN/c1-10-3-2-4-13(9-10)15-12-7-5-11(14)6-8-12/h2-4,9,11H,5-8H2,1H3. The van der Waals surface area contributed by atoms with Gasteiger partial charge in [0.1, 0.15) is 6.17 Å². The van der Waals surface area contributed by atoms with E-state index in [1.54, 1.807) is 0 Å². The Morgan fingerprint density at radius 3 is 2.67 bits per heavy atom. The van der Waals surface area contributed by atoms with Crippen molar-refractivity contribution in [3.63, 3.8) is 0 Å². The molecule has 2 heteroatoms. The van der Waals surface area contributed by atoms with Crippen molar-refractivity contribution in [3.05, 3.63) is 29.8 Å². The molecule has 0 spiro atoms. The van der Waals surface area contributed by atoms with Crippen LogP contribution in [0.15, 0.2) is 29.3 Å². The summed E-state index contributed by atoms with van der Waals surface area (Å²) in [4.78, 5) is 4.56. The maximum Gasteiger partial charge on any atom is 0.101 e. The second-order valence-electron chi connectivity index (χ2n) is 4.19. The molecule has 0 unspecified atom stereocenters. The van der Waals surface area contributed by atoms with E-state index in [4.69, 9.17) is 0 Å². The smallest absolute Gasteiger partial charge is 0.101 e. The van der Waals surface area contributed by atoms with Crippen molar-refractivity contribution in [2.75, 3.05) is 0 Å². The van der Waals surface area contributed by atoms with E-state index in [2.05, 4.69) is 24.0 Å². The molecule has 1 aromatic carbocycles. The third kappa shape index (κ3) is 2.88. The van der Waals surface area contributed by atoms with Crippen LogP contribution in [-0.4, -0.2) is 11.9 Å². The molecule has 0 saturated heterocycles. The summed E-state index contributed by atoms with van der Waals surface area (Å²) in [5.74, 6) is 0. The summed E-state index contributed by atoms with van der Waals surface area (Å²) in [5, 5.41) is 0. The van der Waals surface area contributed by atoms with Crippen LogP contribution in [0, 0.1) is 6.92 Å². The Kier molecular flexibility index (Phi) is 3.14. The zero-order valence-electron chi connectivity index (χ0n) is 9.04. The van der Waals surface area contributed by atoms with E-state index in [0.717, 1.165) is 24.2 Å². The number of alkyl halides is 1. The van der Waals surface area contributed by atoms with Gasteiger partial charge in [-0.1, -0.05) is 12.1 Å². The van der Waals surface area contributed by atoms with Crippen molar-refractivity contribution in [2.24, 2.45) is 4.99 Å². The number of aliphatic imine (C=N–C) groups is 1.